The normalized spacial score (nSPS) is 15.6. The summed E-state index contributed by atoms with van der Waals surface area (Å²) >= 11 is 0. The molecule has 0 bridgehead atoms. The summed E-state index contributed by atoms with van der Waals surface area (Å²) in [5, 5.41) is 4.23. The number of hydrogen-bond donors (Lipinski definition) is 1. The zero-order chi connectivity index (χ0) is 15.7. The molecule has 8 nitrogen and oxygen atoms in total. The van der Waals surface area contributed by atoms with E-state index in [9.17, 15) is 4.79 Å². The lowest BCUT2D eigenvalue weighted by Gasteiger charge is -2.36. The second-order valence-corrected chi connectivity index (χ2v) is 5.55. The molecule has 1 saturated heterocycles. The quantitative estimate of drug-likeness (QED) is 0.846. The smallest absolute Gasteiger partial charge is 0.254 e. The molecule has 0 saturated carbocycles. The molecule has 0 unspecified atom stereocenters. The lowest BCUT2D eigenvalue weighted by atomic mass is 10.2. The van der Waals surface area contributed by atoms with E-state index in [4.69, 9.17) is 5.73 Å². The fraction of sp³-hybridized carbons (Fsp3) is 0.571. The SMILES string of the molecule is CC[C@H](N)C(=O)N1CCN(c2cc(C)nc3ncnn23)CC1.Cl.Cl. The van der Waals surface area contributed by atoms with Crippen molar-refractivity contribution in [3.05, 3.63) is 18.1 Å². The molecule has 1 atom stereocenters. The average molecular weight is 376 g/mol. The molecule has 3 heterocycles. The minimum atomic E-state index is -0.392. The molecule has 0 aromatic carbocycles. The van der Waals surface area contributed by atoms with Crippen molar-refractivity contribution < 1.29 is 4.79 Å². The number of aryl methyl sites for hydroxylation is 1. The number of rotatable bonds is 3. The second-order valence-electron chi connectivity index (χ2n) is 5.55. The van der Waals surface area contributed by atoms with Crippen LogP contribution in [0, 0.1) is 6.92 Å². The maximum Gasteiger partial charge on any atom is 0.254 e. The molecule has 1 aliphatic heterocycles. The number of carbonyl (C=O) groups is 1. The summed E-state index contributed by atoms with van der Waals surface area (Å²) in [6.45, 7) is 6.72. The van der Waals surface area contributed by atoms with Crippen molar-refractivity contribution in [2.75, 3.05) is 31.1 Å². The van der Waals surface area contributed by atoms with Gasteiger partial charge in [-0.25, -0.2) is 4.98 Å². The Kier molecular flexibility index (Phi) is 7.19. The van der Waals surface area contributed by atoms with E-state index < -0.39 is 6.04 Å². The van der Waals surface area contributed by atoms with Crippen LogP contribution in [0.2, 0.25) is 0 Å². The molecule has 0 aliphatic carbocycles. The summed E-state index contributed by atoms with van der Waals surface area (Å²) in [6, 6.07) is 1.61. The summed E-state index contributed by atoms with van der Waals surface area (Å²) in [4.78, 5) is 24.7. The van der Waals surface area contributed by atoms with Gasteiger partial charge < -0.3 is 15.5 Å². The first-order valence-electron chi connectivity index (χ1n) is 7.57. The lowest BCUT2D eigenvalue weighted by molar-refractivity contribution is -0.132. The molecule has 3 rings (SSSR count). The number of carbonyl (C=O) groups excluding carboxylic acids is 1. The fourth-order valence-electron chi connectivity index (χ4n) is 2.70. The fourth-order valence-corrected chi connectivity index (χ4v) is 2.70. The number of fused-ring (bicyclic) bond motifs is 1. The van der Waals surface area contributed by atoms with Crippen molar-refractivity contribution in [2.45, 2.75) is 26.3 Å². The van der Waals surface area contributed by atoms with Gasteiger partial charge in [0.1, 0.15) is 12.1 Å². The van der Waals surface area contributed by atoms with Gasteiger partial charge in [-0.15, -0.1) is 24.8 Å². The van der Waals surface area contributed by atoms with Crippen LogP contribution >= 0.6 is 24.8 Å². The predicted octanol–water partition coefficient (Wildman–Crippen LogP) is 0.662. The molecule has 0 radical (unpaired) electrons. The zero-order valence-corrected chi connectivity index (χ0v) is 15.4. The largest absolute Gasteiger partial charge is 0.353 e. The number of hydrogen-bond acceptors (Lipinski definition) is 6. The van der Waals surface area contributed by atoms with Crippen LogP contribution in [0.3, 0.4) is 0 Å². The third-order valence-corrected chi connectivity index (χ3v) is 4.03. The van der Waals surface area contributed by atoms with Gasteiger partial charge in [0.15, 0.2) is 0 Å². The summed E-state index contributed by atoms with van der Waals surface area (Å²) in [5.74, 6) is 1.60. The van der Waals surface area contributed by atoms with Gasteiger partial charge in [0.25, 0.3) is 5.78 Å². The Morgan fingerprint density at radius 3 is 2.58 bits per heavy atom. The maximum absolute atomic E-state index is 12.1. The standard InChI is InChI=1S/C14H21N7O.2ClH/c1-3-11(15)13(22)20-6-4-19(5-7-20)12-8-10(2)18-14-16-9-17-21(12)14;;/h8-9,11H,3-7,15H2,1-2H3;2*1H/t11-;;/m0../s1. The topological polar surface area (TPSA) is 92.7 Å². The van der Waals surface area contributed by atoms with Crippen molar-refractivity contribution >= 4 is 42.3 Å². The van der Waals surface area contributed by atoms with E-state index in [2.05, 4.69) is 20.0 Å². The molecule has 2 aromatic rings. The van der Waals surface area contributed by atoms with E-state index in [1.807, 2.05) is 24.8 Å². The van der Waals surface area contributed by atoms with Crippen molar-refractivity contribution in [2.24, 2.45) is 5.73 Å². The number of nitrogens with two attached hydrogens (primary N) is 1. The van der Waals surface area contributed by atoms with Gasteiger partial charge in [0, 0.05) is 37.9 Å². The molecular weight excluding hydrogens is 353 g/mol. The molecule has 1 aliphatic rings. The highest BCUT2D eigenvalue weighted by Gasteiger charge is 2.25. The Labute approximate surface area is 153 Å². The summed E-state index contributed by atoms with van der Waals surface area (Å²) in [7, 11) is 0. The first-order valence-corrected chi connectivity index (χ1v) is 7.57. The van der Waals surface area contributed by atoms with Gasteiger partial charge in [0.05, 0.1) is 6.04 Å². The van der Waals surface area contributed by atoms with Crippen molar-refractivity contribution in [1.29, 1.82) is 0 Å². The highest BCUT2D eigenvalue weighted by molar-refractivity contribution is 5.85. The van der Waals surface area contributed by atoms with Crippen molar-refractivity contribution in [1.82, 2.24) is 24.5 Å². The van der Waals surface area contributed by atoms with Gasteiger partial charge >= 0.3 is 0 Å². The Bertz CT molecular complexity index is 685. The average Bonchev–Trinajstić information content (AvgIpc) is 3.01. The third kappa shape index (κ3) is 3.88. The third-order valence-electron chi connectivity index (χ3n) is 4.03. The van der Waals surface area contributed by atoms with Gasteiger partial charge in [-0.2, -0.15) is 14.6 Å². The lowest BCUT2D eigenvalue weighted by Crippen LogP contribution is -2.53. The number of anilines is 1. The van der Waals surface area contributed by atoms with Crippen molar-refractivity contribution in [3.63, 3.8) is 0 Å². The van der Waals surface area contributed by atoms with Crippen LogP contribution < -0.4 is 10.6 Å². The molecule has 10 heteroatoms. The summed E-state index contributed by atoms with van der Waals surface area (Å²) in [6.07, 6.45) is 2.17. The van der Waals surface area contributed by atoms with E-state index in [1.54, 1.807) is 4.52 Å². The van der Waals surface area contributed by atoms with Gasteiger partial charge in [0.2, 0.25) is 5.91 Å². The molecular formula is C14H23Cl2N7O. The van der Waals surface area contributed by atoms with Crippen LogP contribution in [-0.4, -0.2) is 62.6 Å². The monoisotopic (exact) mass is 375 g/mol. The second kappa shape index (κ2) is 8.46. The van der Waals surface area contributed by atoms with E-state index in [0.29, 0.717) is 25.3 Å². The van der Waals surface area contributed by atoms with Crippen LogP contribution in [0.5, 0.6) is 0 Å². The van der Waals surface area contributed by atoms with E-state index >= 15 is 0 Å². The van der Waals surface area contributed by atoms with Gasteiger partial charge in [-0.05, 0) is 13.3 Å². The number of amides is 1. The summed E-state index contributed by atoms with van der Waals surface area (Å²) < 4.78 is 1.74. The molecule has 134 valence electrons. The van der Waals surface area contributed by atoms with E-state index in [1.165, 1.54) is 6.33 Å². The Morgan fingerprint density at radius 2 is 1.96 bits per heavy atom. The van der Waals surface area contributed by atoms with E-state index in [0.717, 1.165) is 24.6 Å². The number of aromatic nitrogens is 4. The molecule has 24 heavy (non-hydrogen) atoms. The van der Waals surface area contributed by atoms with Crippen molar-refractivity contribution in [3.8, 4) is 0 Å². The minimum Gasteiger partial charge on any atom is -0.353 e. The van der Waals surface area contributed by atoms with E-state index in [-0.39, 0.29) is 30.7 Å². The number of halogens is 2. The minimum absolute atomic E-state index is 0. The Morgan fingerprint density at radius 1 is 1.29 bits per heavy atom. The highest BCUT2D eigenvalue weighted by Crippen LogP contribution is 2.18. The maximum atomic E-state index is 12.1. The molecule has 2 N–H and O–H groups in total. The summed E-state index contributed by atoms with van der Waals surface area (Å²) in [5.41, 5.74) is 6.74. The van der Waals surface area contributed by atoms with Crippen LogP contribution in [-0.2, 0) is 4.79 Å². The molecule has 1 amide bonds. The van der Waals surface area contributed by atoms with Crippen LogP contribution in [0.4, 0.5) is 5.82 Å². The Balaban J connectivity index is 0.00000144. The zero-order valence-electron chi connectivity index (χ0n) is 13.8. The highest BCUT2D eigenvalue weighted by atomic mass is 35.5. The first kappa shape index (κ1) is 20.4. The van der Waals surface area contributed by atoms with Gasteiger partial charge in [-0.1, -0.05) is 6.92 Å². The molecule has 2 aromatic heterocycles. The van der Waals surface area contributed by atoms with Crippen LogP contribution in [0.1, 0.15) is 19.0 Å². The molecule has 1 fully saturated rings. The predicted molar refractivity (Wildman–Crippen MR) is 97.1 cm³/mol. The Hall–Kier alpha value is -1.64. The first-order chi connectivity index (χ1) is 10.6. The number of nitrogens with zero attached hydrogens (tertiary/aromatic N) is 6. The van der Waals surface area contributed by atoms with Crippen LogP contribution in [0.25, 0.3) is 5.78 Å². The van der Waals surface area contributed by atoms with Crippen LogP contribution in [0.15, 0.2) is 12.4 Å². The van der Waals surface area contributed by atoms with Gasteiger partial charge in [-0.3, -0.25) is 4.79 Å². The number of piperazine rings is 1. The molecule has 0 spiro atoms.